The molecule has 1 saturated heterocycles. The van der Waals surface area contributed by atoms with Crippen LogP contribution in [0.15, 0.2) is 0 Å². The molecular weight excluding hydrogens is 207 g/mol. The Morgan fingerprint density at radius 2 is 1.62 bits per heavy atom. The van der Waals surface area contributed by atoms with Crippen LogP contribution in [0.25, 0.3) is 0 Å². The van der Waals surface area contributed by atoms with E-state index in [9.17, 15) is 5.11 Å². The largest absolute Gasteiger partial charge is 1.00 e. The molecule has 0 aliphatic carbocycles. The Morgan fingerprint density at radius 3 is 2.08 bits per heavy atom. The summed E-state index contributed by atoms with van der Waals surface area (Å²) in [6.07, 6.45) is -4.83. The number of aliphatic hydroxyl groups is 4. The first-order valence-electron chi connectivity index (χ1n) is 3.54. The van der Waals surface area contributed by atoms with E-state index in [-0.39, 0.29) is 29.6 Å². The van der Waals surface area contributed by atoms with Crippen LogP contribution in [0.2, 0.25) is 0 Å². The van der Waals surface area contributed by atoms with Crippen LogP contribution < -0.4 is 29.6 Å². The fourth-order valence-electron chi connectivity index (χ4n) is 1.07. The third-order valence-electron chi connectivity index (χ3n) is 1.85. The second-order valence-electron chi connectivity index (χ2n) is 2.70. The molecule has 13 heavy (non-hydrogen) atoms. The zero-order chi connectivity index (χ0) is 9.30. The Morgan fingerprint density at radius 1 is 1.08 bits per heavy atom. The van der Waals surface area contributed by atoms with E-state index in [0.29, 0.717) is 0 Å². The van der Waals surface area contributed by atoms with Crippen molar-refractivity contribution in [2.45, 2.75) is 29.9 Å². The fraction of sp³-hybridized carbons (Fsp3) is 1.00. The van der Waals surface area contributed by atoms with Crippen molar-refractivity contribution in [1.82, 2.24) is 0 Å². The SMILES string of the molecule is OC[C@H]1O[C@H]([S-])[C@@H](O)[C@@H](O)[C@@H]1O.[Na+]. The van der Waals surface area contributed by atoms with Crippen LogP contribution >= 0.6 is 0 Å². The van der Waals surface area contributed by atoms with Crippen molar-refractivity contribution in [1.29, 1.82) is 0 Å². The van der Waals surface area contributed by atoms with Crippen LogP contribution in [0.4, 0.5) is 0 Å². The first-order valence-corrected chi connectivity index (χ1v) is 4.01. The maximum Gasteiger partial charge on any atom is 1.00 e. The third-order valence-corrected chi connectivity index (χ3v) is 2.24. The second-order valence-corrected chi connectivity index (χ2v) is 3.16. The summed E-state index contributed by atoms with van der Waals surface area (Å²) in [5.41, 5.74) is -0.986. The normalized spacial score (nSPS) is 45.5. The minimum absolute atomic E-state index is 0. The summed E-state index contributed by atoms with van der Waals surface area (Å²) in [5, 5.41) is 36.1. The van der Waals surface area contributed by atoms with E-state index in [1.807, 2.05) is 0 Å². The summed E-state index contributed by atoms with van der Waals surface area (Å²) < 4.78 is 4.84. The van der Waals surface area contributed by atoms with Gasteiger partial charge in [-0.15, -0.1) is 0 Å². The predicted octanol–water partition coefficient (Wildman–Crippen LogP) is -5.66. The first kappa shape index (κ1) is 14.2. The average molecular weight is 218 g/mol. The van der Waals surface area contributed by atoms with Gasteiger partial charge < -0.3 is 37.8 Å². The molecule has 0 aromatic carbocycles. The average Bonchev–Trinajstić information content (AvgIpc) is 2.08. The van der Waals surface area contributed by atoms with Gasteiger partial charge in [0.05, 0.1) is 12.7 Å². The van der Waals surface area contributed by atoms with Crippen LogP contribution in [-0.4, -0.2) is 56.9 Å². The number of hydrogen-bond acceptors (Lipinski definition) is 6. The van der Waals surface area contributed by atoms with E-state index in [1.165, 1.54) is 0 Å². The van der Waals surface area contributed by atoms with E-state index < -0.39 is 36.5 Å². The summed E-state index contributed by atoms with van der Waals surface area (Å²) in [6.45, 7) is -0.432. The summed E-state index contributed by atoms with van der Waals surface area (Å²) in [6, 6.07) is 0. The molecule has 0 radical (unpaired) electrons. The Labute approximate surface area is 103 Å². The standard InChI is InChI=1S/C6H12O5S.Na/c7-1-2-3(8)4(9)5(10)6(12)11-2;/h2-10,12H,1H2;/q;+1/p-1/t2-,3-,4+,5+,6-;/m1./s1. The zero-order valence-corrected chi connectivity index (χ0v) is 10.0. The molecule has 0 aromatic rings. The molecule has 0 spiro atoms. The summed E-state index contributed by atoms with van der Waals surface area (Å²) in [4.78, 5) is 0. The maximum atomic E-state index is 9.18. The monoisotopic (exact) mass is 218 g/mol. The van der Waals surface area contributed by atoms with Crippen LogP contribution in [-0.2, 0) is 17.4 Å². The van der Waals surface area contributed by atoms with Gasteiger partial charge in [-0.05, 0) is 5.44 Å². The molecule has 0 aromatic heterocycles. The van der Waals surface area contributed by atoms with Gasteiger partial charge in [0.15, 0.2) is 0 Å². The second kappa shape index (κ2) is 5.89. The molecule has 0 amide bonds. The van der Waals surface area contributed by atoms with Gasteiger partial charge in [0.2, 0.25) is 0 Å². The Kier molecular flexibility index (Phi) is 6.41. The van der Waals surface area contributed by atoms with Gasteiger partial charge in [0.1, 0.15) is 18.3 Å². The summed E-state index contributed by atoms with van der Waals surface area (Å²) >= 11 is 4.63. The molecule has 0 unspecified atom stereocenters. The third kappa shape index (κ3) is 3.05. The van der Waals surface area contributed by atoms with Crippen LogP contribution in [0.1, 0.15) is 0 Å². The number of rotatable bonds is 1. The smallest absolute Gasteiger partial charge is 0.759 e. The van der Waals surface area contributed by atoms with Crippen molar-refractivity contribution in [3.05, 3.63) is 0 Å². The van der Waals surface area contributed by atoms with E-state index in [4.69, 9.17) is 20.1 Å². The molecule has 1 aliphatic heterocycles. The van der Waals surface area contributed by atoms with Gasteiger partial charge >= 0.3 is 29.6 Å². The van der Waals surface area contributed by atoms with Crippen LogP contribution in [0, 0.1) is 0 Å². The maximum absolute atomic E-state index is 9.18. The molecule has 72 valence electrons. The van der Waals surface area contributed by atoms with Crippen molar-refractivity contribution < 1.29 is 54.7 Å². The van der Waals surface area contributed by atoms with Crippen LogP contribution in [0.5, 0.6) is 0 Å². The van der Waals surface area contributed by atoms with Crippen molar-refractivity contribution in [3.8, 4) is 0 Å². The van der Waals surface area contributed by atoms with E-state index >= 15 is 0 Å². The molecular formula is C6H11NaO5S. The molecule has 7 heteroatoms. The van der Waals surface area contributed by atoms with E-state index in [2.05, 4.69) is 12.6 Å². The summed E-state index contributed by atoms with van der Waals surface area (Å²) in [7, 11) is 0. The minimum Gasteiger partial charge on any atom is -0.759 e. The Balaban J connectivity index is 0.00000144. The van der Waals surface area contributed by atoms with Crippen molar-refractivity contribution in [2.24, 2.45) is 0 Å². The van der Waals surface area contributed by atoms with Gasteiger partial charge in [-0.25, -0.2) is 0 Å². The van der Waals surface area contributed by atoms with E-state index in [0.717, 1.165) is 0 Å². The van der Waals surface area contributed by atoms with Gasteiger partial charge in [-0.2, -0.15) is 0 Å². The van der Waals surface area contributed by atoms with Crippen molar-refractivity contribution in [3.63, 3.8) is 0 Å². The van der Waals surface area contributed by atoms with Gasteiger partial charge in [0, 0.05) is 0 Å². The van der Waals surface area contributed by atoms with Gasteiger partial charge in [-0.1, -0.05) is 0 Å². The molecule has 1 rings (SSSR count). The molecule has 1 fully saturated rings. The van der Waals surface area contributed by atoms with Crippen LogP contribution in [0.3, 0.4) is 0 Å². The predicted molar refractivity (Wildman–Crippen MR) is 41.1 cm³/mol. The molecule has 0 saturated carbocycles. The Bertz CT molecular complexity index is 155. The topological polar surface area (TPSA) is 90.2 Å². The molecule has 0 bridgehead atoms. The fourth-order valence-corrected chi connectivity index (χ4v) is 1.37. The summed E-state index contributed by atoms with van der Waals surface area (Å²) in [5.74, 6) is 0. The first-order chi connectivity index (χ1) is 5.57. The number of hydrogen-bond donors (Lipinski definition) is 4. The number of aliphatic hydroxyl groups excluding tert-OH is 4. The quantitative estimate of drug-likeness (QED) is 0.259. The van der Waals surface area contributed by atoms with Crippen molar-refractivity contribution in [2.75, 3.05) is 6.61 Å². The Hall–Kier alpha value is 1.15. The molecule has 5 nitrogen and oxygen atoms in total. The van der Waals surface area contributed by atoms with Crippen molar-refractivity contribution >= 4 is 12.6 Å². The molecule has 1 heterocycles. The zero-order valence-electron chi connectivity index (χ0n) is 7.20. The van der Waals surface area contributed by atoms with Gasteiger partial charge in [-0.3, -0.25) is 0 Å². The molecule has 5 atom stereocenters. The molecule has 1 aliphatic rings. The molecule has 4 N–H and O–H groups in total. The van der Waals surface area contributed by atoms with E-state index in [1.54, 1.807) is 0 Å². The number of ether oxygens (including phenoxy) is 1. The minimum atomic E-state index is -1.35. The van der Waals surface area contributed by atoms with Gasteiger partial charge in [0.25, 0.3) is 0 Å².